The fraction of sp³-hybridized carbons (Fsp3) is 0.267. The summed E-state index contributed by atoms with van der Waals surface area (Å²) in [6.45, 7) is 1.87. The number of carbonyl (C=O) groups excluding carboxylic acids is 1. The molecule has 0 unspecified atom stereocenters. The molecule has 1 aromatic carbocycles. The number of carbonyl (C=O) groups is 1. The highest BCUT2D eigenvalue weighted by Gasteiger charge is 2.22. The zero-order valence-corrected chi connectivity index (χ0v) is 13.9. The number of amides is 1. The van der Waals surface area contributed by atoms with Crippen molar-refractivity contribution in [2.45, 2.75) is 24.0 Å². The van der Waals surface area contributed by atoms with Crippen LogP contribution in [-0.2, 0) is 21.2 Å². The van der Waals surface area contributed by atoms with Crippen molar-refractivity contribution in [1.82, 2.24) is 0 Å². The summed E-state index contributed by atoms with van der Waals surface area (Å²) in [6.07, 6.45) is 1.08. The van der Waals surface area contributed by atoms with Gasteiger partial charge in [0, 0.05) is 29.7 Å². The van der Waals surface area contributed by atoms with E-state index in [-0.39, 0.29) is 5.91 Å². The van der Waals surface area contributed by atoms with E-state index in [9.17, 15) is 13.2 Å². The van der Waals surface area contributed by atoms with Gasteiger partial charge in [-0.2, -0.15) is 0 Å². The van der Waals surface area contributed by atoms with Gasteiger partial charge in [-0.05, 0) is 49.2 Å². The highest BCUT2D eigenvalue weighted by atomic mass is 32.2. The number of sulfonamides is 1. The molecular weight excluding hydrogens is 320 g/mol. The number of nitrogens with one attached hydrogen (secondary N) is 1. The quantitative estimate of drug-likeness (QED) is 0.937. The number of hydrogen-bond acceptors (Lipinski definition) is 4. The van der Waals surface area contributed by atoms with Crippen LogP contribution < -0.4 is 9.62 Å². The molecule has 0 saturated carbocycles. The predicted molar refractivity (Wildman–Crippen MR) is 88.0 cm³/mol. The van der Waals surface area contributed by atoms with E-state index in [2.05, 4.69) is 4.72 Å². The normalized spacial score (nSPS) is 14.8. The second-order valence-corrected chi connectivity index (χ2v) is 8.46. The van der Waals surface area contributed by atoms with Crippen LogP contribution in [0.2, 0.25) is 0 Å². The molecule has 0 atom stereocenters. The molecule has 1 aromatic heterocycles. The summed E-state index contributed by atoms with van der Waals surface area (Å²) in [7, 11) is -1.82. The SMILES string of the molecule is Cc1ccc(S(=O)(=O)Nc2ccc3c(c2)CCC(=O)N3C)s1. The van der Waals surface area contributed by atoms with Gasteiger partial charge < -0.3 is 4.90 Å². The third-order valence-electron chi connectivity index (χ3n) is 3.66. The average molecular weight is 336 g/mol. The maximum atomic E-state index is 12.3. The van der Waals surface area contributed by atoms with E-state index in [0.717, 1.165) is 16.1 Å². The van der Waals surface area contributed by atoms with Crippen molar-refractivity contribution >= 4 is 38.6 Å². The monoisotopic (exact) mass is 336 g/mol. The van der Waals surface area contributed by atoms with Gasteiger partial charge in [-0.15, -0.1) is 11.3 Å². The molecule has 7 heteroatoms. The molecule has 0 fully saturated rings. The topological polar surface area (TPSA) is 66.5 Å². The zero-order valence-electron chi connectivity index (χ0n) is 12.3. The Bertz CT molecular complexity index is 840. The van der Waals surface area contributed by atoms with E-state index in [0.29, 0.717) is 22.7 Å². The molecule has 3 rings (SSSR count). The van der Waals surface area contributed by atoms with Crippen LogP contribution >= 0.6 is 11.3 Å². The minimum atomic E-state index is -3.56. The van der Waals surface area contributed by atoms with Crippen molar-refractivity contribution in [3.8, 4) is 0 Å². The molecule has 0 radical (unpaired) electrons. The average Bonchev–Trinajstić information content (AvgIpc) is 2.90. The Balaban J connectivity index is 1.89. The number of anilines is 2. The number of rotatable bonds is 3. The Morgan fingerprint density at radius 1 is 1.18 bits per heavy atom. The number of aryl methyl sites for hydroxylation is 2. The van der Waals surface area contributed by atoms with Crippen LogP contribution in [0.5, 0.6) is 0 Å². The summed E-state index contributed by atoms with van der Waals surface area (Å²) in [5, 5.41) is 0. The lowest BCUT2D eigenvalue weighted by Gasteiger charge is -2.26. The number of thiophene rings is 1. The lowest BCUT2D eigenvalue weighted by atomic mass is 10.0. The smallest absolute Gasteiger partial charge is 0.271 e. The Morgan fingerprint density at radius 3 is 2.64 bits per heavy atom. The minimum Gasteiger partial charge on any atom is -0.315 e. The molecule has 2 aromatic rings. The predicted octanol–water partition coefficient (Wildman–Crippen LogP) is 2.77. The summed E-state index contributed by atoms with van der Waals surface area (Å²) in [5.41, 5.74) is 2.34. The van der Waals surface area contributed by atoms with Gasteiger partial charge in [-0.1, -0.05) is 0 Å². The molecule has 5 nitrogen and oxygen atoms in total. The minimum absolute atomic E-state index is 0.0786. The number of nitrogens with zero attached hydrogens (tertiary/aromatic N) is 1. The van der Waals surface area contributed by atoms with Gasteiger partial charge in [-0.3, -0.25) is 9.52 Å². The zero-order chi connectivity index (χ0) is 15.9. The van der Waals surface area contributed by atoms with Crippen LogP contribution in [0.25, 0.3) is 0 Å². The Morgan fingerprint density at radius 2 is 1.95 bits per heavy atom. The number of benzene rings is 1. The van der Waals surface area contributed by atoms with E-state index in [1.807, 2.05) is 6.92 Å². The Kier molecular flexibility index (Phi) is 3.70. The molecule has 1 N–H and O–H groups in total. The van der Waals surface area contributed by atoms with E-state index in [1.54, 1.807) is 42.3 Å². The summed E-state index contributed by atoms with van der Waals surface area (Å²) in [4.78, 5) is 14.2. The Labute approximate surface area is 133 Å². The fourth-order valence-electron chi connectivity index (χ4n) is 2.48. The number of hydrogen-bond donors (Lipinski definition) is 1. The highest BCUT2D eigenvalue weighted by molar-refractivity contribution is 7.94. The molecule has 0 saturated heterocycles. The Hall–Kier alpha value is -1.86. The molecule has 0 spiro atoms. The molecule has 0 aliphatic carbocycles. The largest absolute Gasteiger partial charge is 0.315 e. The maximum Gasteiger partial charge on any atom is 0.271 e. The summed E-state index contributed by atoms with van der Waals surface area (Å²) in [5.74, 6) is 0.0786. The summed E-state index contributed by atoms with van der Waals surface area (Å²) >= 11 is 1.24. The lowest BCUT2D eigenvalue weighted by Crippen LogP contribution is -2.31. The number of fused-ring (bicyclic) bond motifs is 1. The van der Waals surface area contributed by atoms with Gasteiger partial charge in [0.2, 0.25) is 5.91 Å². The molecule has 1 aliphatic heterocycles. The lowest BCUT2D eigenvalue weighted by molar-refractivity contribution is -0.118. The van der Waals surface area contributed by atoms with Crippen LogP contribution in [-0.4, -0.2) is 21.4 Å². The third-order valence-corrected chi connectivity index (χ3v) is 6.53. The van der Waals surface area contributed by atoms with E-state index >= 15 is 0 Å². The van der Waals surface area contributed by atoms with Crippen LogP contribution in [0.3, 0.4) is 0 Å². The molecule has 22 heavy (non-hydrogen) atoms. The van der Waals surface area contributed by atoms with Crippen LogP contribution in [0.4, 0.5) is 11.4 Å². The van der Waals surface area contributed by atoms with Crippen LogP contribution in [0.15, 0.2) is 34.5 Å². The van der Waals surface area contributed by atoms with Crippen molar-refractivity contribution in [2.24, 2.45) is 0 Å². The molecule has 0 bridgehead atoms. The molecule has 1 amide bonds. The summed E-state index contributed by atoms with van der Waals surface area (Å²) in [6, 6.07) is 8.66. The first-order valence-electron chi connectivity index (χ1n) is 6.85. The fourth-order valence-corrected chi connectivity index (χ4v) is 4.81. The van der Waals surface area contributed by atoms with Gasteiger partial charge in [0.25, 0.3) is 10.0 Å². The van der Waals surface area contributed by atoms with Crippen LogP contribution in [0.1, 0.15) is 16.9 Å². The van der Waals surface area contributed by atoms with Crippen molar-refractivity contribution in [3.63, 3.8) is 0 Å². The summed E-state index contributed by atoms with van der Waals surface area (Å²) < 4.78 is 27.6. The van der Waals surface area contributed by atoms with Crippen molar-refractivity contribution in [1.29, 1.82) is 0 Å². The van der Waals surface area contributed by atoms with Gasteiger partial charge in [-0.25, -0.2) is 8.42 Å². The highest BCUT2D eigenvalue weighted by Crippen LogP contribution is 2.30. The molecule has 2 heterocycles. The first-order valence-corrected chi connectivity index (χ1v) is 9.15. The second-order valence-electron chi connectivity index (χ2n) is 5.27. The van der Waals surface area contributed by atoms with Gasteiger partial charge in [0.15, 0.2) is 0 Å². The maximum absolute atomic E-state index is 12.3. The van der Waals surface area contributed by atoms with Gasteiger partial charge >= 0.3 is 0 Å². The van der Waals surface area contributed by atoms with Crippen molar-refractivity contribution in [3.05, 3.63) is 40.8 Å². The first kappa shape index (κ1) is 15.1. The van der Waals surface area contributed by atoms with Crippen LogP contribution in [0, 0.1) is 6.92 Å². The standard InChI is InChI=1S/C15H16N2O3S2/c1-10-3-8-15(21-10)22(19,20)16-12-5-6-13-11(9-12)4-7-14(18)17(13)2/h3,5-6,8-9,16H,4,7H2,1-2H3. The molecular formula is C15H16N2O3S2. The first-order chi connectivity index (χ1) is 10.4. The third kappa shape index (κ3) is 2.74. The van der Waals surface area contributed by atoms with E-state index < -0.39 is 10.0 Å². The van der Waals surface area contributed by atoms with Gasteiger partial charge in [0.1, 0.15) is 4.21 Å². The van der Waals surface area contributed by atoms with E-state index in [1.165, 1.54) is 11.3 Å². The van der Waals surface area contributed by atoms with Crippen molar-refractivity contribution in [2.75, 3.05) is 16.7 Å². The second kappa shape index (κ2) is 5.40. The van der Waals surface area contributed by atoms with Crippen molar-refractivity contribution < 1.29 is 13.2 Å². The molecule has 1 aliphatic rings. The van der Waals surface area contributed by atoms with Gasteiger partial charge in [0.05, 0.1) is 0 Å². The molecule has 116 valence electrons. The van der Waals surface area contributed by atoms with E-state index in [4.69, 9.17) is 0 Å².